The number of fused-ring (bicyclic) bond motifs is 1. The molecule has 1 fully saturated rings. The molecular weight excluding hydrogens is 440 g/mol. The van der Waals surface area contributed by atoms with Crippen molar-refractivity contribution in [3.8, 4) is 11.1 Å². The van der Waals surface area contributed by atoms with Crippen LogP contribution in [0.3, 0.4) is 0 Å². The first-order chi connectivity index (χ1) is 16.9. The second-order valence-corrected chi connectivity index (χ2v) is 9.29. The van der Waals surface area contributed by atoms with E-state index in [0.717, 1.165) is 40.4 Å². The second kappa shape index (κ2) is 9.22. The molecule has 0 spiro atoms. The van der Waals surface area contributed by atoms with Crippen LogP contribution in [0.2, 0.25) is 0 Å². The number of Topliss-reactive ketones (excluding diaryl/α,β-unsaturated/α-hetero) is 1. The van der Waals surface area contributed by atoms with E-state index in [4.69, 9.17) is 5.11 Å². The fraction of sp³-hybridized carbons (Fsp3) is 0.207. The van der Waals surface area contributed by atoms with Gasteiger partial charge in [0.15, 0.2) is 5.78 Å². The molecule has 2 atom stereocenters. The fourth-order valence-electron chi connectivity index (χ4n) is 4.74. The zero-order valence-corrected chi connectivity index (χ0v) is 19.4. The monoisotopic (exact) mass is 466 g/mol. The van der Waals surface area contributed by atoms with E-state index in [0.29, 0.717) is 16.9 Å². The number of aliphatic carboxylic acids is 1. The number of hydrogen-bond acceptors (Lipinski definition) is 3. The Morgan fingerprint density at radius 2 is 1.60 bits per heavy atom. The van der Waals surface area contributed by atoms with Gasteiger partial charge in [0.2, 0.25) is 0 Å². The van der Waals surface area contributed by atoms with Gasteiger partial charge in [0.05, 0.1) is 0 Å². The number of benzene rings is 3. The summed E-state index contributed by atoms with van der Waals surface area (Å²) >= 11 is 0. The number of carboxylic acids is 1. The van der Waals surface area contributed by atoms with Crippen LogP contribution in [0.4, 0.5) is 5.69 Å². The van der Waals surface area contributed by atoms with Crippen LogP contribution in [-0.4, -0.2) is 27.8 Å². The summed E-state index contributed by atoms with van der Waals surface area (Å²) in [7, 11) is 0. The van der Waals surface area contributed by atoms with Gasteiger partial charge in [-0.3, -0.25) is 14.4 Å². The Kier molecular flexibility index (Phi) is 5.95. The van der Waals surface area contributed by atoms with E-state index in [1.165, 1.54) is 0 Å². The smallest absolute Gasteiger partial charge is 0.303 e. The Hall–Kier alpha value is -4.19. The number of anilines is 1. The normalized spacial score (nSPS) is 17.1. The Balaban J connectivity index is 1.24. The molecule has 35 heavy (non-hydrogen) atoms. The lowest BCUT2D eigenvalue weighted by Crippen LogP contribution is -2.34. The van der Waals surface area contributed by atoms with Crippen LogP contribution in [-0.2, 0) is 4.79 Å². The maximum absolute atomic E-state index is 12.8. The van der Waals surface area contributed by atoms with Crippen LogP contribution in [0.5, 0.6) is 0 Å². The Morgan fingerprint density at radius 1 is 0.914 bits per heavy atom. The van der Waals surface area contributed by atoms with Gasteiger partial charge in [-0.15, -0.1) is 0 Å². The first-order valence-electron chi connectivity index (χ1n) is 11.7. The van der Waals surface area contributed by atoms with E-state index in [1.54, 1.807) is 12.1 Å². The van der Waals surface area contributed by atoms with Crippen LogP contribution in [0.25, 0.3) is 22.0 Å². The van der Waals surface area contributed by atoms with Crippen molar-refractivity contribution >= 4 is 34.3 Å². The summed E-state index contributed by atoms with van der Waals surface area (Å²) in [5.41, 5.74) is 5.80. The van der Waals surface area contributed by atoms with E-state index < -0.39 is 5.97 Å². The van der Waals surface area contributed by atoms with Gasteiger partial charge < -0.3 is 15.4 Å². The van der Waals surface area contributed by atoms with Crippen molar-refractivity contribution in [3.63, 3.8) is 0 Å². The van der Waals surface area contributed by atoms with E-state index in [9.17, 15) is 14.4 Å². The SMILES string of the molecule is Cc1ccc2[nH]c(C(=O)Nc3ccc(-c4ccc(C(=O)C5CC[C@H]5CC(=O)O)cc4)cc3)cc2c1. The number of carbonyl (C=O) groups is 3. The molecule has 1 saturated carbocycles. The van der Waals surface area contributed by atoms with Crippen molar-refractivity contribution in [2.75, 3.05) is 5.32 Å². The molecule has 1 unspecified atom stereocenters. The van der Waals surface area contributed by atoms with Crippen LogP contribution in [0.1, 0.15) is 45.7 Å². The lowest BCUT2D eigenvalue weighted by Gasteiger charge is -2.34. The minimum absolute atomic E-state index is 0.0271. The molecule has 1 aliphatic carbocycles. The molecule has 1 aromatic heterocycles. The minimum atomic E-state index is -0.848. The van der Waals surface area contributed by atoms with Crippen LogP contribution < -0.4 is 5.32 Å². The third kappa shape index (κ3) is 4.73. The molecule has 0 radical (unpaired) electrons. The summed E-state index contributed by atoms with van der Waals surface area (Å²) in [6.45, 7) is 2.02. The van der Waals surface area contributed by atoms with Crippen molar-refractivity contribution in [3.05, 3.63) is 89.6 Å². The molecule has 3 aromatic carbocycles. The maximum atomic E-state index is 12.8. The van der Waals surface area contributed by atoms with E-state index in [2.05, 4.69) is 10.3 Å². The van der Waals surface area contributed by atoms with Gasteiger partial charge in [-0.05, 0) is 67.1 Å². The molecule has 4 aromatic rings. The minimum Gasteiger partial charge on any atom is -0.481 e. The van der Waals surface area contributed by atoms with Crippen molar-refractivity contribution < 1.29 is 19.5 Å². The number of carboxylic acid groups (broad SMARTS) is 1. The van der Waals surface area contributed by atoms with Crippen LogP contribution in [0, 0.1) is 18.8 Å². The van der Waals surface area contributed by atoms with Gasteiger partial charge in [0, 0.05) is 34.5 Å². The van der Waals surface area contributed by atoms with Crippen LogP contribution in [0.15, 0.2) is 72.8 Å². The van der Waals surface area contributed by atoms with Crippen molar-refractivity contribution in [2.24, 2.45) is 11.8 Å². The highest BCUT2D eigenvalue weighted by Crippen LogP contribution is 2.39. The number of nitrogens with one attached hydrogen (secondary N) is 2. The van der Waals surface area contributed by atoms with Crippen LogP contribution >= 0.6 is 0 Å². The molecule has 5 rings (SSSR count). The molecule has 1 heterocycles. The maximum Gasteiger partial charge on any atom is 0.303 e. The Bertz CT molecular complexity index is 1420. The number of aryl methyl sites for hydroxylation is 1. The topological polar surface area (TPSA) is 99.3 Å². The van der Waals surface area contributed by atoms with E-state index in [1.807, 2.05) is 67.6 Å². The summed E-state index contributed by atoms with van der Waals surface area (Å²) in [4.78, 5) is 39.6. The fourth-order valence-corrected chi connectivity index (χ4v) is 4.74. The van der Waals surface area contributed by atoms with Gasteiger partial charge in [-0.2, -0.15) is 0 Å². The average molecular weight is 467 g/mol. The van der Waals surface area contributed by atoms with Gasteiger partial charge in [-0.25, -0.2) is 0 Å². The van der Waals surface area contributed by atoms with Gasteiger partial charge in [-0.1, -0.05) is 48.0 Å². The number of H-pyrrole nitrogens is 1. The Morgan fingerprint density at radius 3 is 2.23 bits per heavy atom. The first-order valence-corrected chi connectivity index (χ1v) is 11.7. The van der Waals surface area contributed by atoms with Crippen molar-refractivity contribution in [1.82, 2.24) is 4.98 Å². The van der Waals surface area contributed by atoms with Crippen molar-refractivity contribution in [2.45, 2.75) is 26.2 Å². The summed E-state index contributed by atoms with van der Waals surface area (Å²) < 4.78 is 0. The summed E-state index contributed by atoms with van der Waals surface area (Å²) in [6.07, 6.45) is 1.60. The number of amides is 1. The summed E-state index contributed by atoms with van der Waals surface area (Å²) in [6, 6.07) is 22.8. The molecule has 1 amide bonds. The molecule has 6 heteroatoms. The lowest BCUT2D eigenvalue weighted by atomic mass is 9.68. The highest BCUT2D eigenvalue weighted by atomic mass is 16.4. The zero-order chi connectivity index (χ0) is 24.5. The molecule has 0 aliphatic heterocycles. The number of hydrogen-bond donors (Lipinski definition) is 3. The molecule has 3 N–H and O–H groups in total. The molecule has 0 bridgehead atoms. The number of ketones is 1. The standard InChI is InChI=1S/C29H26N2O4/c1-17-2-13-25-22(14-17)15-26(31-25)29(35)30-23-10-7-19(8-11-23)18-3-5-20(6-4-18)28(34)24-12-9-21(24)16-27(32)33/h2-8,10-11,13-15,21,24,31H,9,12,16H2,1H3,(H,30,35)(H,32,33)/t21-,24?/m0/s1. The largest absolute Gasteiger partial charge is 0.481 e. The predicted octanol–water partition coefficient (Wildman–Crippen LogP) is 6.08. The number of carbonyl (C=O) groups excluding carboxylic acids is 2. The summed E-state index contributed by atoms with van der Waals surface area (Å²) in [5.74, 6) is -1.28. The van der Waals surface area contributed by atoms with E-state index >= 15 is 0 Å². The third-order valence-electron chi connectivity index (χ3n) is 6.86. The third-order valence-corrected chi connectivity index (χ3v) is 6.86. The highest BCUT2D eigenvalue weighted by molar-refractivity contribution is 6.06. The van der Waals surface area contributed by atoms with Gasteiger partial charge in [0.25, 0.3) is 5.91 Å². The molecular formula is C29H26N2O4. The molecule has 176 valence electrons. The zero-order valence-electron chi connectivity index (χ0n) is 19.4. The lowest BCUT2D eigenvalue weighted by molar-refractivity contribution is -0.139. The van der Waals surface area contributed by atoms with E-state index in [-0.39, 0.29) is 29.9 Å². The quantitative estimate of drug-likeness (QED) is 0.287. The number of aromatic nitrogens is 1. The molecule has 1 aliphatic rings. The first kappa shape index (κ1) is 22.6. The average Bonchev–Trinajstić information content (AvgIpc) is 3.26. The molecule has 6 nitrogen and oxygen atoms in total. The van der Waals surface area contributed by atoms with Gasteiger partial charge >= 0.3 is 5.97 Å². The summed E-state index contributed by atoms with van der Waals surface area (Å²) in [5, 5.41) is 12.9. The second-order valence-electron chi connectivity index (χ2n) is 9.29. The number of aromatic amines is 1. The predicted molar refractivity (Wildman–Crippen MR) is 136 cm³/mol. The highest BCUT2D eigenvalue weighted by Gasteiger charge is 2.37. The van der Waals surface area contributed by atoms with Gasteiger partial charge in [0.1, 0.15) is 5.69 Å². The Labute approximate surface area is 203 Å². The van der Waals surface area contributed by atoms with Crippen molar-refractivity contribution in [1.29, 1.82) is 0 Å². The number of rotatable bonds is 7. The molecule has 0 saturated heterocycles.